The first-order chi connectivity index (χ1) is 12.7. The van der Waals surface area contributed by atoms with Crippen LogP contribution in [0, 0.1) is 5.82 Å². The van der Waals surface area contributed by atoms with E-state index < -0.39 is 0 Å². The summed E-state index contributed by atoms with van der Waals surface area (Å²) in [6.07, 6.45) is 4.40. The SMILES string of the molecule is CNc1ncc(CN2CCc3onc(Nc4ccccc4F)c3C2)cn1. The molecule has 134 valence electrons. The summed E-state index contributed by atoms with van der Waals surface area (Å²) in [5, 5.41) is 10.0. The molecule has 3 heterocycles. The number of anilines is 3. The zero-order chi connectivity index (χ0) is 17.9. The molecule has 0 unspecified atom stereocenters. The number of nitrogens with one attached hydrogen (secondary N) is 2. The Bertz CT molecular complexity index is 895. The van der Waals surface area contributed by atoms with Crippen molar-refractivity contribution < 1.29 is 8.91 Å². The highest BCUT2D eigenvalue weighted by Crippen LogP contribution is 2.29. The number of halogens is 1. The van der Waals surface area contributed by atoms with E-state index in [1.54, 1.807) is 25.2 Å². The van der Waals surface area contributed by atoms with Gasteiger partial charge in [0.2, 0.25) is 5.95 Å². The smallest absolute Gasteiger partial charge is 0.222 e. The highest BCUT2D eigenvalue weighted by Gasteiger charge is 2.25. The fraction of sp³-hybridized carbons (Fsp3) is 0.278. The van der Waals surface area contributed by atoms with Crippen LogP contribution in [-0.2, 0) is 19.5 Å². The van der Waals surface area contributed by atoms with Gasteiger partial charge in [0.05, 0.1) is 11.3 Å². The monoisotopic (exact) mass is 354 g/mol. The Morgan fingerprint density at radius 3 is 2.81 bits per heavy atom. The van der Waals surface area contributed by atoms with Gasteiger partial charge in [-0.25, -0.2) is 14.4 Å². The molecule has 0 radical (unpaired) electrons. The summed E-state index contributed by atoms with van der Waals surface area (Å²) in [6, 6.07) is 6.52. The first-order valence-corrected chi connectivity index (χ1v) is 8.43. The van der Waals surface area contributed by atoms with Crippen LogP contribution in [0.25, 0.3) is 0 Å². The molecule has 2 N–H and O–H groups in total. The lowest BCUT2D eigenvalue weighted by atomic mass is 10.1. The third-order valence-corrected chi connectivity index (χ3v) is 4.37. The first kappa shape index (κ1) is 16.5. The van der Waals surface area contributed by atoms with Gasteiger partial charge in [0.25, 0.3) is 0 Å². The van der Waals surface area contributed by atoms with Crippen LogP contribution in [0.15, 0.2) is 41.2 Å². The van der Waals surface area contributed by atoms with Crippen molar-refractivity contribution in [3.05, 3.63) is 59.4 Å². The predicted molar refractivity (Wildman–Crippen MR) is 95.6 cm³/mol. The quantitative estimate of drug-likeness (QED) is 0.729. The third kappa shape index (κ3) is 3.36. The minimum Gasteiger partial charge on any atom is -0.359 e. The van der Waals surface area contributed by atoms with E-state index in [4.69, 9.17) is 4.52 Å². The van der Waals surface area contributed by atoms with E-state index in [1.165, 1.54) is 6.07 Å². The molecule has 0 saturated heterocycles. The number of para-hydroxylation sites is 1. The highest BCUT2D eigenvalue weighted by atomic mass is 19.1. The molecule has 2 aromatic heterocycles. The molecule has 1 aromatic carbocycles. The molecular weight excluding hydrogens is 335 g/mol. The maximum absolute atomic E-state index is 13.9. The molecule has 1 aliphatic heterocycles. The van der Waals surface area contributed by atoms with Crippen LogP contribution in [0.5, 0.6) is 0 Å². The largest absolute Gasteiger partial charge is 0.359 e. The zero-order valence-electron chi connectivity index (χ0n) is 14.4. The predicted octanol–water partition coefficient (Wildman–Crippen LogP) is 2.95. The standard InChI is InChI=1S/C18H19FN6O/c1-20-18-21-8-12(9-22-18)10-25-7-6-16-13(11-25)17(24-26-16)23-15-5-3-2-4-14(15)19/h2-5,8-9H,6-7,10-11H2,1H3,(H,23,24)(H,20,21,22). The number of hydrogen-bond acceptors (Lipinski definition) is 7. The summed E-state index contributed by atoms with van der Waals surface area (Å²) in [7, 11) is 1.79. The number of benzene rings is 1. The van der Waals surface area contributed by atoms with E-state index >= 15 is 0 Å². The Balaban J connectivity index is 1.49. The van der Waals surface area contributed by atoms with Gasteiger partial charge in [-0.3, -0.25) is 4.90 Å². The second-order valence-corrected chi connectivity index (χ2v) is 6.16. The molecule has 0 bridgehead atoms. The average molecular weight is 354 g/mol. The zero-order valence-corrected chi connectivity index (χ0v) is 14.4. The van der Waals surface area contributed by atoms with E-state index in [0.717, 1.165) is 36.4 Å². The minimum atomic E-state index is -0.321. The summed E-state index contributed by atoms with van der Waals surface area (Å²) in [5.74, 6) is 1.70. The lowest BCUT2D eigenvalue weighted by molar-refractivity contribution is 0.228. The van der Waals surface area contributed by atoms with E-state index in [9.17, 15) is 4.39 Å². The van der Waals surface area contributed by atoms with Crippen molar-refractivity contribution >= 4 is 17.5 Å². The summed E-state index contributed by atoms with van der Waals surface area (Å²) in [6.45, 7) is 2.26. The van der Waals surface area contributed by atoms with E-state index in [0.29, 0.717) is 24.0 Å². The molecule has 4 rings (SSSR count). The van der Waals surface area contributed by atoms with Crippen LogP contribution in [0.3, 0.4) is 0 Å². The number of hydrogen-bond donors (Lipinski definition) is 2. The van der Waals surface area contributed by atoms with Crippen molar-refractivity contribution in [3.8, 4) is 0 Å². The molecule has 8 heteroatoms. The van der Waals surface area contributed by atoms with Gasteiger partial charge in [0, 0.05) is 51.1 Å². The second kappa shape index (κ2) is 7.09. The van der Waals surface area contributed by atoms with Crippen molar-refractivity contribution in [1.82, 2.24) is 20.0 Å². The minimum absolute atomic E-state index is 0.321. The van der Waals surface area contributed by atoms with Gasteiger partial charge < -0.3 is 15.2 Å². The maximum atomic E-state index is 13.9. The number of aromatic nitrogens is 3. The molecule has 0 aliphatic carbocycles. The van der Waals surface area contributed by atoms with E-state index in [-0.39, 0.29) is 5.82 Å². The Kier molecular flexibility index (Phi) is 4.49. The summed E-state index contributed by atoms with van der Waals surface area (Å²) < 4.78 is 19.3. The Morgan fingerprint density at radius 2 is 2.04 bits per heavy atom. The highest BCUT2D eigenvalue weighted by molar-refractivity contribution is 5.60. The number of nitrogens with zero attached hydrogens (tertiary/aromatic N) is 4. The van der Waals surface area contributed by atoms with Crippen molar-refractivity contribution in [1.29, 1.82) is 0 Å². The summed E-state index contributed by atoms with van der Waals surface area (Å²) in [5.41, 5.74) is 2.39. The van der Waals surface area contributed by atoms with Gasteiger partial charge >= 0.3 is 0 Å². The molecular formula is C18H19FN6O. The van der Waals surface area contributed by atoms with Gasteiger partial charge in [-0.2, -0.15) is 0 Å². The molecule has 3 aromatic rings. The number of fused-ring (bicyclic) bond motifs is 1. The van der Waals surface area contributed by atoms with Crippen molar-refractivity contribution in [2.45, 2.75) is 19.5 Å². The van der Waals surface area contributed by atoms with Crippen molar-refractivity contribution in [2.75, 3.05) is 24.2 Å². The maximum Gasteiger partial charge on any atom is 0.222 e. The lowest BCUT2D eigenvalue weighted by Gasteiger charge is -2.25. The Labute approximate surface area is 150 Å². The van der Waals surface area contributed by atoms with Gasteiger partial charge in [-0.15, -0.1) is 0 Å². The normalized spacial score (nSPS) is 14.1. The Morgan fingerprint density at radius 1 is 1.23 bits per heavy atom. The molecule has 1 aliphatic rings. The molecule has 7 nitrogen and oxygen atoms in total. The van der Waals surface area contributed by atoms with Crippen molar-refractivity contribution in [3.63, 3.8) is 0 Å². The van der Waals surface area contributed by atoms with E-state index in [2.05, 4.69) is 30.7 Å². The van der Waals surface area contributed by atoms with Crippen LogP contribution in [0.4, 0.5) is 21.8 Å². The van der Waals surface area contributed by atoms with Gasteiger partial charge in [0.15, 0.2) is 5.82 Å². The summed E-state index contributed by atoms with van der Waals surface area (Å²) in [4.78, 5) is 10.8. The van der Waals surface area contributed by atoms with Gasteiger partial charge in [-0.05, 0) is 12.1 Å². The average Bonchev–Trinajstić information content (AvgIpc) is 3.06. The van der Waals surface area contributed by atoms with E-state index in [1.807, 2.05) is 12.4 Å². The van der Waals surface area contributed by atoms with Crippen LogP contribution in [0.1, 0.15) is 16.9 Å². The second-order valence-electron chi connectivity index (χ2n) is 6.16. The van der Waals surface area contributed by atoms with Gasteiger partial charge in [0.1, 0.15) is 11.6 Å². The number of rotatable bonds is 5. The van der Waals surface area contributed by atoms with Crippen LogP contribution < -0.4 is 10.6 Å². The van der Waals surface area contributed by atoms with Crippen LogP contribution in [-0.4, -0.2) is 33.6 Å². The van der Waals surface area contributed by atoms with Crippen molar-refractivity contribution in [2.24, 2.45) is 0 Å². The fourth-order valence-electron chi connectivity index (χ4n) is 3.01. The molecule has 26 heavy (non-hydrogen) atoms. The van der Waals surface area contributed by atoms with Gasteiger partial charge in [-0.1, -0.05) is 17.3 Å². The third-order valence-electron chi connectivity index (χ3n) is 4.37. The molecule has 0 fully saturated rings. The lowest BCUT2D eigenvalue weighted by Crippen LogP contribution is -2.29. The molecule has 0 saturated carbocycles. The summed E-state index contributed by atoms with van der Waals surface area (Å²) >= 11 is 0. The molecule has 0 atom stereocenters. The molecule has 0 amide bonds. The molecule has 0 spiro atoms. The fourth-order valence-corrected chi connectivity index (χ4v) is 3.01. The van der Waals surface area contributed by atoms with Crippen LogP contribution >= 0.6 is 0 Å². The first-order valence-electron chi connectivity index (χ1n) is 8.43. The van der Waals surface area contributed by atoms with Crippen LogP contribution in [0.2, 0.25) is 0 Å². The topological polar surface area (TPSA) is 79.1 Å². The Hall–Kier alpha value is -3.00.